The van der Waals surface area contributed by atoms with Crippen LogP contribution in [0.2, 0.25) is 0 Å². The molecule has 0 atom stereocenters. The number of aryl methyl sites for hydroxylation is 1. The number of rotatable bonds is 3. The maximum Gasteiger partial charge on any atom is 0.323 e. The van der Waals surface area contributed by atoms with Gasteiger partial charge in [0.2, 0.25) is 0 Å². The summed E-state index contributed by atoms with van der Waals surface area (Å²) in [6.07, 6.45) is 1.46. The van der Waals surface area contributed by atoms with Gasteiger partial charge in [0.05, 0.1) is 9.17 Å². The first-order chi connectivity index (χ1) is 13.5. The van der Waals surface area contributed by atoms with Crippen molar-refractivity contribution in [1.29, 1.82) is 0 Å². The lowest BCUT2D eigenvalue weighted by Gasteiger charge is -2.09. The van der Waals surface area contributed by atoms with Crippen LogP contribution in [0.25, 0.3) is 21.3 Å². The minimum atomic E-state index is -0.293. The number of thiophene rings is 1. The zero-order valence-corrected chi connectivity index (χ0v) is 17.3. The highest BCUT2D eigenvalue weighted by molar-refractivity contribution is 9.11. The molecule has 0 saturated heterocycles. The van der Waals surface area contributed by atoms with Gasteiger partial charge in [-0.15, -0.1) is 11.3 Å². The third-order valence-electron chi connectivity index (χ3n) is 4.18. The van der Waals surface area contributed by atoms with Crippen molar-refractivity contribution in [3.05, 3.63) is 64.2 Å². The van der Waals surface area contributed by atoms with Crippen molar-refractivity contribution in [3.8, 4) is 11.1 Å². The molecule has 2 amide bonds. The van der Waals surface area contributed by atoms with Crippen LogP contribution in [0.1, 0.15) is 5.56 Å². The number of fused-ring (bicyclic) bond motifs is 1. The molecular weight excluding hydrogens is 438 g/mol. The maximum atomic E-state index is 12.2. The van der Waals surface area contributed by atoms with Gasteiger partial charge in [-0.2, -0.15) is 0 Å². The topological polar surface area (TPSA) is 92.9 Å². The van der Waals surface area contributed by atoms with E-state index in [0.717, 1.165) is 36.4 Å². The number of nitrogens with two attached hydrogens (primary N) is 1. The highest BCUT2D eigenvalue weighted by atomic mass is 79.9. The Hall–Kier alpha value is -2.97. The van der Waals surface area contributed by atoms with Crippen molar-refractivity contribution in [1.82, 2.24) is 9.97 Å². The molecule has 8 heteroatoms. The van der Waals surface area contributed by atoms with E-state index in [9.17, 15) is 4.79 Å². The average Bonchev–Trinajstić information content (AvgIpc) is 2.99. The van der Waals surface area contributed by atoms with Gasteiger partial charge >= 0.3 is 6.03 Å². The Labute approximate surface area is 174 Å². The molecule has 140 valence electrons. The number of aromatic nitrogens is 2. The SMILES string of the molecule is Cc1cccc(NC(=O)Nc2ccc(-c3c(Br)sc4ncnc(N)c34)cc2)c1. The fourth-order valence-electron chi connectivity index (χ4n) is 2.92. The van der Waals surface area contributed by atoms with Crippen LogP contribution in [0.5, 0.6) is 0 Å². The Morgan fingerprint density at radius 3 is 2.57 bits per heavy atom. The van der Waals surface area contributed by atoms with Gasteiger partial charge in [-0.05, 0) is 58.2 Å². The quantitative estimate of drug-likeness (QED) is 0.373. The molecule has 4 rings (SSSR count). The predicted octanol–water partition coefficient (Wildman–Crippen LogP) is 5.66. The molecule has 2 heterocycles. The standard InChI is InChI=1S/C20H16BrN5OS/c1-11-3-2-4-14(9-11)26-20(27)25-13-7-5-12(6-8-13)15-16-18(22)23-10-24-19(16)28-17(15)21/h2-10H,1H3,(H2,22,23,24)(H2,25,26,27). The van der Waals surface area contributed by atoms with Gasteiger partial charge in [-0.1, -0.05) is 24.3 Å². The Balaban J connectivity index is 1.55. The van der Waals surface area contributed by atoms with Gasteiger partial charge in [-0.25, -0.2) is 14.8 Å². The van der Waals surface area contributed by atoms with Crippen LogP contribution in [0.15, 0.2) is 58.6 Å². The highest BCUT2D eigenvalue weighted by Crippen LogP contribution is 2.43. The van der Waals surface area contributed by atoms with Gasteiger partial charge in [0.15, 0.2) is 0 Å². The second kappa shape index (κ2) is 7.57. The number of nitrogens with one attached hydrogen (secondary N) is 2. The number of hydrogen-bond donors (Lipinski definition) is 3. The fraction of sp³-hybridized carbons (Fsp3) is 0.0500. The van der Waals surface area contributed by atoms with Crippen molar-refractivity contribution in [3.63, 3.8) is 0 Å². The van der Waals surface area contributed by atoms with Crippen molar-refractivity contribution in [2.75, 3.05) is 16.4 Å². The monoisotopic (exact) mass is 453 g/mol. The number of amides is 2. The number of anilines is 3. The van der Waals surface area contributed by atoms with Crippen molar-refractivity contribution in [2.24, 2.45) is 0 Å². The van der Waals surface area contributed by atoms with Gasteiger partial charge in [-0.3, -0.25) is 0 Å². The van der Waals surface area contributed by atoms with Crippen LogP contribution >= 0.6 is 27.3 Å². The van der Waals surface area contributed by atoms with E-state index < -0.39 is 0 Å². The van der Waals surface area contributed by atoms with Crippen LogP contribution in [-0.4, -0.2) is 16.0 Å². The summed E-state index contributed by atoms with van der Waals surface area (Å²) in [5, 5.41) is 6.49. The minimum Gasteiger partial charge on any atom is -0.383 e. The van der Waals surface area contributed by atoms with E-state index in [4.69, 9.17) is 5.73 Å². The smallest absolute Gasteiger partial charge is 0.323 e. The Bertz CT molecular complexity index is 1170. The molecule has 0 saturated carbocycles. The molecule has 0 aliphatic heterocycles. The summed E-state index contributed by atoms with van der Waals surface area (Å²) >= 11 is 5.11. The molecule has 0 radical (unpaired) electrons. The van der Waals surface area contributed by atoms with Crippen LogP contribution in [0.3, 0.4) is 0 Å². The molecule has 0 aliphatic carbocycles. The third kappa shape index (κ3) is 3.69. The summed E-state index contributed by atoms with van der Waals surface area (Å²) in [6.45, 7) is 1.98. The van der Waals surface area contributed by atoms with E-state index in [1.54, 1.807) is 0 Å². The zero-order chi connectivity index (χ0) is 19.7. The summed E-state index contributed by atoms with van der Waals surface area (Å²) in [6, 6.07) is 14.9. The molecule has 0 fully saturated rings. The maximum absolute atomic E-state index is 12.2. The number of carbonyl (C=O) groups excluding carboxylic acids is 1. The lowest BCUT2D eigenvalue weighted by molar-refractivity contribution is 0.262. The Morgan fingerprint density at radius 1 is 1.07 bits per heavy atom. The summed E-state index contributed by atoms with van der Waals surface area (Å²) < 4.78 is 0.938. The molecule has 28 heavy (non-hydrogen) atoms. The number of halogens is 1. The van der Waals surface area contributed by atoms with E-state index in [0.29, 0.717) is 11.5 Å². The molecule has 4 N–H and O–H groups in total. The van der Waals surface area contributed by atoms with Crippen LogP contribution < -0.4 is 16.4 Å². The molecule has 2 aromatic carbocycles. The Kier molecular flexibility index (Phi) is 4.97. The molecule has 0 bridgehead atoms. The first-order valence-electron chi connectivity index (χ1n) is 8.45. The van der Waals surface area contributed by atoms with Gasteiger partial charge in [0, 0.05) is 16.9 Å². The number of nitrogen functional groups attached to an aromatic ring is 1. The number of urea groups is 1. The fourth-order valence-corrected chi connectivity index (χ4v) is 4.71. The first kappa shape index (κ1) is 18.4. The van der Waals surface area contributed by atoms with Crippen LogP contribution in [0.4, 0.5) is 22.0 Å². The van der Waals surface area contributed by atoms with Gasteiger partial charge in [0.25, 0.3) is 0 Å². The number of benzene rings is 2. The molecule has 0 aliphatic rings. The van der Waals surface area contributed by atoms with Crippen molar-refractivity contribution in [2.45, 2.75) is 6.92 Å². The van der Waals surface area contributed by atoms with E-state index in [1.165, 1.54) is 17.7 Å². The first-order valence-corrected chi connectivity index (χ1v) is 10.1. The average molecular weight is 454 g/mol. The predicted molar refractivity (Wildman–Crippen MR) is 119 cm³/mol. The molecule has 6 nitrogen and oxygen atoms in total. The number of carbonyl (C=O) groups is 1. The minimum absolute atomic E-state index is 0.293. The molecular formula is C20H16BrN5OS. The summed E-state index contributed by atoms with van der Waals surface area (Å²) in [7, 11) is 0. The van der Waals surface area contributed by atoms with E-state index in [-0.39, 0.29) is 6.03 Å². The largest absolute Gasteiger partial charge is 0.383 e. The summed E-state index contributed by atoms with van der Waals surface area (Å²) in [5.74, 6) is 0.446. The van der Waals surface area contributed by atoms with Crippen LogP contribution in [0, 0.1) is 6.92 Å². The van der Waals surface area contributed by atoms with E-state index in [2.05, 4.69) is 36.5 Å². The van der Waals surface area contributed by atoms with Gasteiger partial charge in [0.1, 0.15) is 17.0 Å². The van der Waals surface area contributed by atoms with E-state index >= 15 is 0 Å². The third-order valence-corrected chi connectivity index (χ3v) is 5.95. The molecule has 4 aromatic rings. The number of nitrogens with zero attached hydrogens (tertiary/aromatic N) is 2. The summed E-state index contributed by atoms with van der Waals surface area (Å²) in [4.78, 5) is 21.4. The molecule has 2 aromatic heterocycles. The van der Waals surface area contributed by atoms with Crippen molar-refractivity contribution >= 4 is 60.7 Å². The normalized spacial score (nSPS) is 10.8. The molecule has 0 spiro atoms. The summed E-state index contributed by atoms with van der Waals surface area (Å²) in [5.41, 5.74) is 10.5. The second-order valence-corrected chi connectivity index (χ2v) is 8.53. The zero-order valence-electron chi connectivity index (χ0n) is 14.9. The second-order valence-electron chi connectivity index (χ2n) is 6.22. The molecule has 0 unspecified atom stereocenters. The van der Waals surface area contributed by atoms with Crippen LogP contribution in [-0.2, 0) is 0 Å². The van der Waals surface area contributed by atoms with Crippen molar-refractivity contribution < 1.29 is 4.79 Å². The number of hydrogen-bond acceptors (Lipinski definition) is 5. The lowest BCUT2D eigenvalue weighted by Crippen LogP contribution is -2.19. The van der Waals surface area contributed by atoms with Gasteiger partial charge < -0.3 is 16.4 Å². The highest BCUT2D eigenvalue weighted by Gasteiger charge is 2.16. The Morgan fingerprint density at radius 2 is 1.82 bits per heavy atom. The lowest BCUT2D eigenvalue weighted by atomic mass is 10.1. The van der Waals surface area contributed by atoms with E-state index in [1.807, 2.05) is 55.5 Å².